The van der Waals surface area contributed by atoms with Crippen LogP contribution < -0.4 is 11.1 Å². The fourth-order valence-electron chi connectivity index (χ4n) is 2.35. The van der Waals surface area contributed by atoms with Crippen molar-refractivity contribution in [2.75, 3.05) is 6.54 Å². The monoisotopic (exact) mass is 261 g/mol. The van der Waals surface area contributed by atoms with E-state index in [9.17, 15) is 0 Å². The van der Waals surface area contributed by atoms with E-state index in [-0.39, 0.29) is 5.41 Å². The summed E-state index contributed by atoms with van der Waals surface area (Å²) in [5.41, 5.74) is 8.38. The number of nitrogens with zero attached hydrogens (tertiary/aromatic N) is 1. The van der Waals surface area contributed by atoms with Crippen molar-refractivity contribution >= 4 is 5.84 Å². The van der Waals surface area contributed by atoms with E-state index in [1.807, 2.05) is 0 Å². The smallest absolute Gasteiger partial charge is 0.139 e. The number of oxime groups is 1. The van der Waals surface area contributed by atoms with E-state index in [2.05, 4.69) is 48.6 Å². The minimum Gasteiger partial charge on any atom is -0.409 e. The normalized spacial score (nSPS) is 19.2. The molecule has 0 radical (unpaired) electrons. The first kappa shape index (κ1) is 13.9. The van der Waals surface area contributed by atoms with Gasteiger partial charge in [0.05, 0.1) is 0 Å². The minimum absolute atomic E-state index is 0.204. The van der Waals surface area contributed by atoms with Gasteiger partial charge < -0.3 is 16.3 Å². The van der Waals surface area contributed by atoms with Crippen molar-refractivity contribution in [3.63, 3.8) is 0 Å². The molecule has 1 aromatic carbocycles. The lowest BCUT2D eigenvalue weighted by Gasteiger charge is -2.20. The number of hydrogen-bond acceptors (Lipinski definition) is 3. The highest BCUT2D eigenvalue weighted by Gasteiger charge is 2.43. The molecule has 0 spiro atoms. The van der Waals surface area contributed by atoms with Crippen LogP contribution in [-0.4, -0.2) is 17.6 Å². The van der Waals surface area contributed by atoms with Crippen molar-refractivity contribution in [1.82, 2.24) is 5.32 Å². The van der Waals surface area contributed by atoms with Gasteiger partial charge in [0.1, 0.15) is 5.84 Å². The summed E-state index contributed by atoms with van der Waals surface area (Å²) in [6.07, 6.45) is 2.98. The number of aryl methyl sites for hydroxylation is 1. The number of hydrogen-bond donors (Lipinski definition) is 3. The molecule has 0 saturated heterocycles. The van der Waals surface area contributed by atoms with Gasteiger partial charge in [-0.1, -0.05) is 35.0 Å². The van der Waals surface area contributed by atoms with Gasteiger partial charge in [0.15, 0.2) is 0 Å². The number of nitrogens with two attached hydrogens (primary N) is 1. The summed E-state index contributed by atoms with van der Waals surface area (Å²) in [6, 6.07) is 8.92. The van der Waals surface area contributed by atoms with Crippen molar-refractivity contribution in [2.24, 2.45) is 16.3 Å². The Kier molecular flexibility index (Phi) is 4.10. The third kappa shape index (κ3) is 3.70. The van der Waals surface area contributed by atoms with E-state index in [1.54, 1.807) is 0 Å². The number of benzene rings is 1. The molecule has 1 fully saturated rings. The van der Waals surface area contributed by atoms with Gasteiger partial charge in [-0.2, -0.15) is 0 Å². The number of amidine groups is 1. The first-order chi connectivity index (χ1) is 9.04. The average Bonchev–Trinajstić information content (AvgIpc) is 3.17. The summed E-state index contributed by atoms with van der Waals surface area (Å²) >= 11 is 0. The third-order valence-corrected chi connectivity index (χ3v) is 4.00. The van der Waals surface area contributed by atoms with Crippen LogP contribution in [0.2, 0.25) is 0 Å². The number of rotatable bonds is 6. The lowest BCUT2D eigenvalue weighted by Crippen LogP contribution is -2.30. The first-order valence-corrected chi connectivity index (χ1v) is 6.81. The molecule has 1 aliphatic rings. The highest BCUT2D eigenvalue weighted by atomic mass is 16.4. The summed E-state index contributed by atoms with van der Waals surface area (Å²) in [7, 11) is 0. The Hall–Kier alpha value is -1.55. The second kappa shape index (κ2) is 5.61. The van der Waals surface area contributed by atoms with Gasteiger partial charge in [-0.3, -0.25) is 0 Å². The van der Waals surface area contributed by atoms with Gasteiger partial charge in [0.25, 0.3) is 0 Å². The Balaban J connectivity index is 1.87. The molecule has 0 aliphatic heterocycles. The zero-order chi connectivity index (χ0) is 13.9. The predicted octanol–water partition coefficient (Wildman–Crippen LogP) is 2.56. The molecule has 4 heteroatoms. The van der Waals surface area contributed by atoms with Crippen LogP contribution >= 0.6 is 0 Å². The molecule has 1 saturated carbocycles. The fourth-order valence-corrected chi connectivity index (χ4v) is 2.35. The average molecular weight is 261 g/mol. The van der Waals surface area contributed by atoms with E-state index >= 15 is 0 Å². The Morgan fingerprint density at radius 2 is 2.05 bits per heavy atom. The van der Waals surface area contributed by atoms with E-state index in [1.165, 1.54) is 11.1 Å². The van der Waals surface area contributed by atoms with Crippen LogP contribution in [0.3, 0.4) is 0 Å². The van der Waals surface area contributed by atoms with Crippen LogP contribution in [0, 0.1) is 12.3 Å². The molecule has 19 heavy (non-hydrogen) atoms. The van der Waals surface area contributed by atoms with E-state index in [4.69, 9.17) is 10.9 Å². The van der Waals surface area contributed by atoms with Crippen LogP contribution in [0.5, 0.6) is 0 Å². The van der Waals surface area contributed by atoms with Gasteiger partial charge in [0, 0.05) is 19.0 Å². The van der Waals surface area contributed by atoms with Gasteiger partial charge in [-0.25, -0.2) is 0 Å². The Morgan fingerprint density at radius 1 is 1.42 bits per heavy atom. The Labute approximate surface area is 114 Å². The number of nitrogens with one attached hydrogen (secondary N) is 1. The maximum absolute atomic E-state index is 8.65. The highest BCUT2D eigenvalue weighted by molar-refractivity contribution is 5.80. The standard InChI is InChI=1S/C15H23N3O/c1-11-3-5-13(6-4-11)12(2)17-10-15(7-8-15)9-14(16)18-19/h3-6,12,17,19H,7-10H2,1-2H3,(H2,16,18). The van der Waals surface area contributed by atoms with E-state index < -0.39 is 0 Å². The maximum Gasteiger partial charge on any atom is 0.139 e. The van der Waals surface area contributed by atoms with Gasteiger partial charge in [-0.15, -0.1) is 0 Å². The zero-order valence-electron chi connectivity index (χ0n) is 11.7. The van der Waals surface area contributed by atoms with Crippen LogP contribution in [0.15, 0.2) is 29.4 Å². The predicted molar refractivity (Wildman–Crippen MR) is 77.3 cm³/mol. The molecule has 0 bridgehead atoms. The van der Waals surface area contributed by atoms with E-state index in [0.29, 0.717) is 18.3 Å². The fraction of sp³-hybridized carbons (Fsp3) is 0.533. The van der Waals surface area contributed by atoms with Crippen LogP contribution in [0.1, 0.15) is 43.4 Å². The summed E-state index contributed by atoms with van der Waals surface area (Å²) in [4.78, 5) is 0. The molecule has 0 amide bonds. The van der Waals surface area contributed by atoms with Crippen molar-refractivity contribution in [2.45, 2.75) is 39.2 Å². The molecule has 1 aromatic rings. The zero-order valence-corrected chi connectivity index (χ0v) is 11.7. The molecule has 1 aliphatic carbocycles. The molecule has 0 aromatic heterocycles. The van der Waals surface area contributed by atoms with Gasteiger partial charge in [-0.05, 0) is 37.7 Å². The molecule has 104 valence electrons. The molecular formula is C15H23N3O. The summed E-state index contributed by atoms with van der Waals surface area (Å²) in [6.45, 7) is 5.18. The van der Waals surface area contributed by atoms with Crippen molar-refractivity contribution in [3.05, 3.63) is 35.4 Å². The van der Waals surface area contributed by atoms with Crippen molar-refractivity contribution in [3.8, 4) is 0 Å². The maximum atomic E-state index is 8.65. The topological polar surface area (TPSA) is 70.6 Å². The lowest BCUT2D eigenvalue weighted by molar-refractivity contribution is 0.313. The van der Waals surface area contributed by atoms with Crippen LogP contribution in [-0.2, 0) is 0 Å². The Bertz CT molecular complexity index is 449. The molecule has 0 heterocycles. The largest absolute Gasteiger partial charge is 0.409 e. The summed E-state index contributed by atoms with van der Waals surface area (Å²) < 4.78 is 0. The summed E-state index contributed by atoms with van der Waals surface area (Å²) in [5.74, 6) is 0.335. The lowest BCUT2D eigenvalue weighted by atomic mass is 10.00. The van der Waals surface area contributed by atoms with E-state index in [0.717, 1.165) is 19.4 Å². The molecular weight excluding hydrogens is 238 g/mol. The SMILES string of the molecule is Cc1ccc(C(C)NCC2(CC(N)=NO)CC2)cc1. The highest BCUT2D eigenvalue weighted by Crippen LogP contribution is 2.48. The Morgan fingerprint density at radius 3 is 2.58 bits per heavy atom. The third-order valence-electron chi connectivity index (χ3n) is 4.00. The summed E-state index contributed by atoms with van der Waals surface area (Å²) in [5, 5.41) is 15.3. The minimum atomic E-state index is 0.204. The van der Waals surface area contributed by atoms with Crippen molar-refractivity contribution < 1.29 is 5.21 Å². The molecule has 2 rings (SSSR count). The van der Waals surface area contributed by atoms with Crippen LogP contribution in [0.4, 0.5) is 0 Å². The molecule has 1 unspecified atom stereocenters. The van der Waals surface area contributed by atoms with Gasteiger partial charge >= 0.3 is 0 Å². The van der Waals surface area contributed by atoms with Crippen molar-refractivity contribution in [1.29, 1.82) is 0 Å². The second-order valence-corrected chi connectivity index (χ2v) is 5.78. The molecule has 4 nitrogen and oxygen atoms in total. The second-order valence-electron chi connectivity index (χ2n) is 5.78. The first-order valence-electron chi connectivity index (χ1n) is 6.81. The quantitative estimate of drug-likeness (QED) is 0.319. The van der Waals surface area contributed by atoms with Gasteiger partial charge in [0.2, 0.25) is 0 Å². The molecule has 4 N–H and O–H groups in total. The van der Waals surface area contributed by atoms with Crippen LogP contribution in [0.25, 0.3) is 0 Å². The molecule has 1 atom stereocenters.